The van der Waals surface area contributed by atoms with Crippen LogP contribution >= 0.6 is 15.9 Å². The van der Waals surface area contributed by atoms with Gasteiger partial charge < -0.3 is 9.32 Å². The van der Waals surface area contributed by atoms with Crippen molar-refractivity contribution in [1.29, 1.82) is 0 Å². The number of halogens is 1. The minimum absolute atomic E-state index is 0.0573. The van der Waals surface area contributed by atoms with Crippen LogP contribution in [0.15, 0.2) is 23.0 Å². The van der Waals surface area contributed by atoms with E-state index < -0.39 is 0 Å². The molecular weight excluding hydrogens is 270 g/mol. The van der Waals surface area contributed by atoms with E-state index in [0.29, 0.717) is 11.6 Å². The molecule has 0 unspecified atom stereocenters. The van der Waals surface area contributed by atoms with E-state index >= 15 is 0 Å². The molecule has 0 fully saturated rings. The molecule has 0 aliphatic heterocycles. The Bertz CT molecular complexity index is 307. The largest absolute Gasteiger partial charge is 0.472 e. The molecule has 1 rings (SSSR count). The van der Waals surface area contributed by atoms with Crippen LogP contribution in [0.3, 0.4) is 0 Å². The Morgan fingerprint density at radius 3 is 2.62 bits per heavy atom. The molecule has 1 heterocycles. The summed E-state index contributed by atoms with van der Waals surface area (Å²) in [5.41, 5.74) is 0.632. The molecule has 4 heteroatoms. The first-order valence-corrected chi connectivity index (χ1v) is 6.75. The molecule has 1 amide bonds. The molecule has 0 aromatic carbocycles. The van der Waals surface area contributed by atoms with Gasteiger partial charge in [-0.05, 0) is 18.9 Å². The second-order valence-electron chi connectivity index (χ2n) is 3.67. The van der Waals surface area contributed by atoms with E-state index in [-0.39, 0.29) is 5.91 Å². The van der Waals surface area contributed by atoms with Gasteiger partial charge in [-0.2, -0.15) is 0 Å². The summed E-state index contributed by atoms with van der Waals surface area (Å²) in [6.07, 6.45) is 5.00. The number of carbonyl (C=O) groups excluding carboxylic acids is 1. The molecule has 0 spiro atoms. The van der Waals surface area contributed by atoms with Gasteiger partial charge in [-0.25, -0.2) is 0 Å². The van der Waals surface area contributed by atoms with Crippen LogP contribution in [-0.4, -0.2) is 28.7 Å². The van der Waals surface area contributed by atoms with E-state index in [2.05, 4.69) is 29.8 Å². The lowest BCUT2D eigenvalue weighted by molar-refractivity contribution is 0.0682. The molecule has 0 atom stereocenters. The van der Waals surface area contributed by atoms with Crippen molar-refractivity contribution in [3.63, 3.8) is 0 Å². The summed E-state index contributed by atoms with van der Waals surface area (Å²) in [5.74, 6) is 0.0573. The van der Waals surface area contributed by atoms with Gasteiger partial charge >= 0.3 is 0 Å². The molecule has 90 valence electrons. The zero-order valence-corrected chi connectivity index (χ0v) is 11.4. The molecule has 16 heavy (non-hydrogen) atoms. The van der Waals surface area contributed by atoms with Crippen molar-refractivity contribution < 1.29 is 9.21 Å². The van der Waals surface area contributed by atoms with Crippen molar-refractivity contribution in [3.05, 3.63) is 24.2 Å². The van der Waals surface area contributed by atoms with Gasteiger partial charge in [-0.15, -0.1) is 0 Å². The van der Waals surface area contributed by atoms with Crippen LogP contribution in [0, 0.1) is 0 Å². The van der Waals surface area contributed by atoms with Gasteiger partial charge in [-0.1, -0.05) is 29.8 Å². The maximum absolute atomic E-state index is 12.2. The minimum atomic E-state index is 0.0573. The third kappa shape index (κ3) is 3.11. The number of hydrogen-bond acceptors (Lipinski definition) is 2. The number of amides is 1. The number of alkyl halides is 1. The van der Waals surface area contributed by atoms with Gasteiger partial charge in [0.15, 0.2) is 0 Å². The molecule has 0 N–H and O–H groups in total. The van der Waals surface area contributed by atoms with Crippen LogP contribution in [0.25, 0.3) is 0 Å². The molecule has 1 aromatic rings. The highest BCUT2D eigenvalue weighted by molar-refractivity contribution is 9.09. The van der Waals surface area contributed by atoms with E-state index in [1.165, 1.54) is 12.5 Å². The first-order chi connectivity index (χ1) is 7.74. The van der Waals surface area contributed by atoms with Crippen LogP contribution < -0.4 is 0 Å². The topological polar surface area (TPSA) is 33.5 Å². The van der Waals surface area contributed by atoms with Crippen molar-refractivity contribution in [2.24, 2.45) is 0 Å². The van der Waals surface area contributed by atoms with E-state index in [9.17, 15) is 4.79 Å². The quantitative estimate of drug-likeness (QED) is 0.752. The maximum atomic E-state index is 12.2. The van der Waals surface area contributed by atoms with Crippen molar-refractivity contribution in [3.8, 4) is 0 Å². The number of rotatable bonds is 6. The van der Waals surface area contributed by atoms with Crippen LogP contribution in [0.4, 0.5) is 0 Å². The van der Waals surface area contributed by atoms with Crippen molar-refractivity contribution in [2.75, 3.05) is 11.9 Å². The Balaban J connectivity index is 2.80. The standard InChI is InChI=1S/C12H18BrNO2/c1-3-11(4-2)14(7-6-13)12(15)10-5-8-16-9-10/h5,8-9,11H,3-4,6-7H2,1-2H3. The van der Waals surface area contributed by atoms with Crippen LogP contribution in [0.2, 0.25) is 0 Å². The number of hydrogen-bond donors (Lipinski definition) is 0. The van der Waals surface area contributed by atoms with E-state index in [0.717, 1.165) is 24.7 Å². The third-order valence-corrected chi connectivity index (χ3v) is 3.09. The molecule has 0 aliphatic carbocycles. The summed E-state index contributed by atoms with van der Waals surface area (Å²) in [7, 11) is 0. The molecule has 0 bridgehead atoms. The summed E-state index contributed by atoms with van der Waals surface area (Å²) in [6.45, 7) is 4.95. The van der Waals surface area contributed by atoms with Crippen molar-refractivity contribution >= 4 is 21.8 Å². The summed E-state index contributed by atoms with van der Waals surface area (Å²) in [4.78, 5) is 14.1. The van der Waals surface area contributed by atoms with Gasteiger partial charge in [0.05, 0.1) is 11.8 Å². The Morgan fingerprint density at radius 1 is 1.50 bits per heavy atom. The van der Waals surface area contributed by atoms with Crippen LogP contribution in [0.5, 0.6) is 0 Å². The van der Waals surface area contributed by atoms with Gasteiger partial charge in [-0.3, -0.25) is 4.79 Å². The Labute approximate surface area is 105 Å². The van der Waals surface area contributed by atoms with Crippen molar-refractivity contribution in [2.45, 2.75) is 32.7 Å². The zero-order chi connectivity index (χ0) is 12.0. The fourth-order valence-electron chi connectivity index (χ4n) is 1.82. The van der Waals surface area contributed by atoms with Gasteiger partial charge in [0.25, 0.3) is 5.91 Å². The number of furan rings is 1. The van der Waals surface area contributed by atoms with E-state index in [4.69, 9.17) is 4.42 Å². The van der Waals surface area contributed by atoms with Crippen molar-refractivity contribution in [1.82, 2.24) is 4.90 Å². The Kier molecular flexibility index (Phi) is 5.60. The third-order valence-electron chi connectivity index (χ3n) is 2.74. The molecule has 0 saturated carbocycles. The highest BCUT2D eigenvalue weighted by Gasteiger charge is 2.22. The molecule has 0 aliphatic rings. The van der Waals surface area contributed by atoms with Gasteiger partial charge in [0.2, 0.25) is 0 Å². The summed E-state index contributed by atoms with van der Waals surface area (Å²) >= 11 is 3.39. The normalized spacial score (nSPS) is 10.8. The second kappa shape index (κ2) is 6.74. The average Bonchev–Trinajstić information content (AvgIpc) is 2.82. The fourth-order valence-corrected chi connectivity index (χ4v) is 2.20. The molecule has 3 nitrogen and oxygen atoms in total. The molecule has 0 radical (unpaired) electrons. The number of carbonyl (C=O) groups is 1. The first-order valence-electron chi connectivity index (χ1n) is 5.63. The lowest BCUT2D eigenvalue weighted by atomic mass is 10.1. The highest BCUT2D eigenvalue weighted by Crippen LogP contribution is 2.14. The maximum Gasteiger partial charge on any atom is 0.257 e. The van der Waals surface area contributed by atoms with Crippen LogP contribution in [-0.2, 0) is 0 Å². The average molecular weight is 288 g/mol. The van der Waals surface area contributed by atoms with E-state index in [1.54, 1.807) is 6.07 Å². The number of nitrogens with zero attached hydrogens (tertiary/aromatic N) is 1. The lowest BCUT2D eigenvalue weighted by Crippen LogP contribution is -2.40. The van der Waals surface area contributed by atoms with E-state index in [1.807, 2.05) is 4.90 Å². The molecular formula is C12H18BrNO2. The SMILES string of the molecule is CCC(CC)N(CCBr)C(=O)c1ccoc1. The zero-order valence-electron chi connectivity index (χ0n) is 9.78. The monoisotopic (exact) mass is 287 g/mol. The molecule has 0 saturated heterocycles. The minimum Gasteiger partial charge on any atom is -0.472 e. The Morgan fingerprint density at radius 2 is 2.19 bits per heavy atom. The highest BCUT2D eigenvalue weighted by atomic mass is 79.9. The smallest absolute Gasteiger partial charge is 0.257 e. The van der Waals surface area contributed by atoms with Crippen LogP contribution in [0.1, 0.15) is 37.0 Å². The summed E-state index contributed by atoms with van der Waals surface area (Å²) < 4.78 is 4.95. The lowest BCUT2D eigenvalue weighted by Gasteiger charge is -2.29. The first kappa shape index (κ1) is 13.3. The molecule has 1 aromatic heterocycles. The predicted octanol–water partition coefficient (Wildman–Crippen LogP) is 3.31. The summed E-state index contributed by atoms with van der Waals surface area (Å²) in [5, 5.41) is 0.799. The Hall–Kier alpha value is -0.770. The predicted molar refractivity (Wildman–Crippen MR) is 67.9 cm³/mol. The second-order valence-corrected chi connectivity index (χ2v) is 4.46. The summed E-state index contributed by atoms with van der Waals surface area (Å²) in [6, 6.07) is 2.02. The fraction of sp³-hybridized carbons (Fsp3) is 0.583. The van der Waals surface area contributed by atoms with Gasteiger partial charge in [0, 0.05) is 17.9 Å². The van der Waals surface area contributed by atoms with Gasteiger partial charge in [0.1, 0.15) is 6.26 Å².